The molecule has 0 amide bonds. The van der Waals surface area contributed by atoms with Gasteiger partial charge in [0.2, 0.25) is 0 Å². The second-order valence-electron chi connectivity index (χ2n) is 4.45. The molecule has 1 saturated heterocycles. The van der Waals surface area contributed by atoms with E-state index in [0.29, 0.717) is 0 Å². The first-order valence-corrected chi connectivity index (χ1v) is 6.09. The lowest BCUT2D eigenvalue weighted by atomic mass is 9.98. The lowest BCUT2D eigenvalue weighted by Gasteiger charge is -2.22. The van der Waals surface area contributed by atoms with Crippen molar-refractivity contribution in [1.29, 1.82) is 0 Å². The zero-order valence-corrected chi connectivity index (χ0v) is 9.39. The summed E-state index contributed by atoms with van der Waals surface area (Å²) in [5, 5.41) is 0. The van der Waals surface area contributed by atoms with E-state index in [0.717, 1.165) is 5.92 Å². The summed E-state index contributed by atoms with van der Waals surface area (Å²) in [5.41, 5.74) is 0. The van der Waals surface area contributed by atoms with Crippen molar-refractivity contribution in [2.24, 2.45) is 5.92 Å². The molecule has 0 aromatic rings. The van der Waals surface area contributed by atoms with Crippen LogP contribution in [0.1, 0.15) is 52.4 Å². The molecule has 1 aliphatic rings. The molecule has 1 heteroatoms. The molecule has 0 aliphatic carbocycles. The molecular weight excluding hydrogens is 158 g/mol. The second kappa shape index (κ2) is 6.42. The van der Waals surface area contributed by atoms with Gasteiger partial charge in [-0.05, 0) is 44.7 Å². The molecule has 1 fully saturated rings. The molecule has 1 rings (SSSR count). The lowest BCUT2D eigenvalue weighted by molar-refractivity contribution is 0.257. The Hall–Kier alpha value is -0.0400. The molecule has 0 aromatic heterocycles. The normalized spacial score (nSPS) is 18.7. The van der Waals surface area contributed by atoms with Crippen molar-refractivity contribution in [3.8, 4) is 0 Å². The summed E-state index contributed by atoms with van der Waals surface area (Å²) in [4.78, 5) is 2.66. The van der Waals surface area contributed by atoms with Gasteiger partial charge in [0, 0.05) is 6.54 Å². The van der Waals surface area contributed by atoms with Gasteiger partial charge in [-0.3, -0.25) is 0 Å². The Morgan fingerprint density at radius 1 is 1.00 bits per heavy atom. The van der Waals surface area contributed by atoms with Crippen LogP contribution in [0.5, 0.6) is 0 Å². The van der Waals surface area contributed by atoms with Crippen molar-refractivity contribution < 1.29 is 0 Å². The minimum absolute atomic E-state index is 0.980. The number of rotatable bonds is 6. The molecule has 0 bridgehead atoms. The number of hydrogen-bond acceptors (Lipinski definition) is 1. The largest absolute Gasteiger partial charge is 0.303 e. The summed E-state index contributed by atoms with van der Waals surface area (Å²) >= 11 is 0. The van der Waals surface area contributed by atoms with E-state index in [1.807, 2.05) is 0 Å². The van der Waals surface area contributed by atoms with Gasteiger partial charge in [-0.2, -0.15) is 0 Å². The maximum Gasteiger partial charge on any atom is 0.000965 e. The minimum Gasteiger partial charge on any atom is -0.303 e. The van der Waals surface area contributed by atoms with Gasteiger partial charge in [0.15, 0.2) is 0 Å². The van der Waals surface area contributed by atoms with E-state index in [2.05, 4.69) is 18.7 Å². The fourth-order valence-corrected chi connectivity index (χ4v) is 2.47. The number of nitrogens with zero attached hydrogens (tertiary/aromatic N) is 1. The Labute approximate surface area is 83.5 Å². The Morgan fingerprint density at radius 3 is 2.00 bits per heavy atom. The van der Waals surface area contributed by atoms with Gasteiger partial charge < -0.3 is 4.90 Å². The third kappa shape index (κ3) is 4.12. The van der Waals surface area contributed by atoms with Gasteiger partial charge in [0.25, 0.3) is 0 Å². The Balaban J connectivity index is 2.19. The second-order valence-corrected chi connectivity index (χ2v) is 4.45. The lowest BCUT2D eigenvalue weighted by Crippen LogP contribution is -2.26. The molecule has 0 aromatic carbocycles. The van der Waals surface area contributed by atoms with E-state index in [1.54, 1.807) is 0 Å². The first-order chi connectivity index (χ1) is 6.36. The molecule has 1 aliphatic heterocycles. The molecule has 1 heterocycles. The van der Waals surface area contributed by atoms with Crippen LogP contribution in [-0.2, 0) is 0 Å². The highest BCUT2D eigenvalue weighted by Gasteiger charge is 2.15. The average molecular weight is 183 g/mol. The van der Waals surface area contributed by atoms with Gasteiger partial charge in [-0.1, -0.05) is 26.7 Å². The van der Waals surface area contributed by atoms with Crippen LogP contribution in [-0.4, -0.2) is 24.5 Å². The predicted molar refractivity (Wildman–Crippen MR) is 59.0 cm³/mol. The zero-order chi connectivity index (χ0) is 9.52. The number of hydrogen-bond donors (Lipinski definition) is 0. The van der Waals surface area contributed by atoms with Crippen molar-refractivity contribution in [3.05, 3.63) is 0 Å². The highest BCUT2D eigenvalue weighted by Crippen LogP contribution is 2.18. The molecule has 0 atom stereocenters. The Morgan fingerprint density at radius 2 is 1.54 bits per heavy atom. The van der Waals surface area contributed by atoms with E-state index in [1.165, 1.54) is 58.2 Å². The first kappa shape index (κ1) is 11.0. The van der Waals surface area contributed by atoms with E-state index < -0.39 is 0 Å². The standard InChI is InChI=1S/C12H25N/c1-3-7-12(8-4-2)11-13-9-5-6-10-13/h12H,3-11H2,1-2H3. The minimum atomic E-state index is 0.980. The monoisotopic (exact) mass is 183 g/mol. The summed E-state index contributed by atoms with van der Waals surface area (Å²) in [6.45, 7) is 8.73. The molecule has 78 valence electrons. The quantitative estimate of drug-likeness (QED) is 0.610. The summed E-state index contributed by atoms with van der Waals surface area (Å²) in [7, 11) is 0. The van der Waals surface area contributed by atoms with Crippen LogP contribution in [0.15, 0.2) is 0 Å². The summed E-state index contributed by atoms with van der Waals surface area (Å²) in [6.07, 6.45) is 8.46. The molecule has 13 heavy (non-hydrogen) atoms. The molecular formula is C12H25N. The van der Waals surface area contributed by atoms with E-state index in [4.69, 9.17) is 0 Å². The van der Waals surface area contributed by atoms with Crippen LogP contribution in [0.25, 0.3) is 0 Å². The van der Waals surface area contributed by atoms with Crippen molar-refractivity contribution in [3.63, 3.8) is 0 Å². The number of likely N-dealkylation sites (tertiary alicyclic amines) is 1. The van der Waals surface area contributed by atoms with Gasteiger partial charge in [-0.25, -0.2) is 0 Å². The fraction of sp³-hybridized carbons (Fsp3) is 1.00. The van der Waals surface area contributed by atoms with Gasteiger partial charge in [0.1, 0.15) is 0 Å². The SMILES string of the molecule is CCCC(CCC)CN1CCCC1. The summed E-state index contributed by atoms with van der Waals surface area (Å²) < 4.78 is 0. The third-order valence-corrected chi connectivity index (χ3v) is 3.11. The van der Waals surface area contributed by atoms with Crippen LogP contribution in [0.3, 0.4) is 0 Å². The fourth-order valence-electron chi connectivity index (χ4n) is 2.47. The van der Waals surface area contributed by atoms with Crippen LogP contribution >= 0.6 is 0 Å². The average Bonchev–Trinajstić information content (AvgIpc) is 2.58. The van der Waals surface area contributed by atoms with E-state index >= 15 is 0 Å². The van der Waals surface area contributed by atoms with Gasteiger partial charge >= 0.3 is 0 Å². The molecule has 0 saturated carbocycles. The van der Waals surface area contributed by atoms with Crippen LogP contribution < -0.4 is 0 Å². The Bertz CT molecular complexity index is 110. The van der Waals surface area contributed by atoms with Crippen molar-refractivity contribution >= 4 is 0 Å². The third-order valence-electron chi connectivity index (χ3n) is 3.11. The van der Waals surface area contributed by atoms with E-state index in [9.17, 15) is 0 Å². The smallest absolute Gasteiger partial charge is 0.000965 e. The van der Waals surface area contributed by atoms with Crippen LogP contribution in [0.4, 0.5) is 0 Å². The molecule has 1 nitrogen and oxygen atoms in total. The summed E-state index contributed by atoms with van der Waals surface area (Å²) in [6, 6.07) is 0. The van der Waals surface area contributed by atoms with Gasteiger partial charge in [0.05, 0.1) is 0 Å². The van der Waals surface area contributed by atoms with Crippen molar-refractivity contribution in [2.75, 3.05) is 19.6 Å². The van der Waals surface area contributed by atoms with Crippen LogP contribution in [0, 0.1) is 5.92 Å². The Kier molecular flexibility index (Phi) is 5.45. The predicted octanol–water partition coefficient (Wildman–Crippen LogP) is 3.30. The molecule has 0 unspecified atom stereocenters. The van der Waals surface area contributed by atoms with E-state index in [-0.39, 0.29) is 0 Å². The van der Waals surface area contributed by atoms with Gasteiger partial charge in [-0.15, -0.1) is 0 Å². The molecule has 0 radical (unpaired) electrons. The van der Waals surface area contributed by atoms with Crippen LogP contribution in [0.2, 0.25) is 0 Å². The zero-order valence-electron chi connectivity index (χ0n) is 9.39. The topological polar surface area (TPSA) is 3.24 Å². The molecule has 0 spiro atoms. The van der Waals surface area contributed by atoms with Crippen molar-refractivity contribution in [1.82, 2.24) is 4.90 Å². The highest BCUT2D eigenvalue weighted by molar-refractivity contribution is 4.70. The van der Waals surface area contributed by atoms with Crippen molar-refractivity contribution in [2.45, 2.75) is 52.4 Å². The maximum atomic E-state index is 2.66. The molecule has 0 N–H and O–H groups in total. The highest BCUT2D eigenvalue weighted by atomic mass is 15.1. The maximum absolute atomic E-state index is 2.66. The summed E-state index contributed by atoms with van der Waals surface area (Å²) in [5.74, 6) is 0.980. The first-order valence-electron chi connectivity index (χ1n) is 6.09.